The number of piperidine rings is 1. The zero-order valence-electron chi connectivity index (χ0n) is 17.4. The Bertz CT molecular complexity index is 1020. The first-order valence-electron chi connectivity index (χ1n) is 9.63. The largest absolute Gasteiger partial charge is 0.419 e. The molecule has 9 nitrogen and oxygen atoms in total. The fourth-order valence-electron chi connectivity index (χ4n) is 3.36. The molecule has 2 aromatic rings. The molecule has 0 amide bonds. The van der Waals surface area contributed by atoms with Gasteiger partial charge in [0.2, 0.25) is 16.0 Å². The summed E-state index contributed by atoms with van der Waals surface area (Å²) in [5, 5.41) is 16.9. The topological polar surface area (TPSA) is 113 Å². The van der Waals surface area contributed by atoms with E-state index < -0.39 is 27.4 Å². The summed E-state index contributed by atoms with van der Waals surface area (Å²) in [6, 6.07) is -0.166. The number of halogens is 3. The van der Waals surface area contributed by atoms with Crippen LogP contribution in [0.4, 0.5) is 19.1 Å². The Morgan fingerprint density at radius 2 is 1.87 bits per heavy atom. The van der Waals surface area contributed by atoms with Crippen molar-refractivity contribution >= 4 is 16.0 Å². The van der Waals surface area contributed by atoms with Crippen molar-refractivity contribution in [2.75, 3.05) is 24.7 Å². The van der Waals surface area contributed by atoms with Crippen LogP contribution < -0.4 is 5.32 Å². The van der Waals surface area contributed by atoms with Gasteiger partial charge in [-0.2, -0.15) is 18.3 Å². The van der Waals surface area contributed by atoms with Crippen LogP contribution in [0, 0.1) is 0 Å². The number of rotatable bonds is 6. The number of nitrogens with zero attached hydrogens (tertiary/aromatic N) is 5. The van der Waals surface area contributed by atoms with Gasteiger partial charge in [0.15, 0.2) is 0 Å². The average Bonchev–Trinajstić information content (AvgIpc) is 3.07. The molecule has 2 N–H and O–H groups in total. The van der Waals surface area contributed by atoms with E-state index in [4.69, 9.17) is 0 Å². The van der Waals surface area contributed by atoms with Crippen LogP contribution in [-0.4, -0.2) is 68.6 Å². The summed E-state index contributed by atoms with van der Waals surface area (Å²) in [4.78, 5) is 7.91. The van der Waals surface area contributed by atoms with Crippen LogP contribution in [0.3, 0.4) is 0 Å². The van der Waals surface area contributed by atoms with Crippen molar-refractivity contribution in [1.82, 2.24) is 24.1 Å². The van der Waals surface area contributed by atoms with Gasteiger partial charge in [-0.15, -0.1) is 0 Å². The smallest absolute Gasteiger partial charge is 0.389 e. The summed E-state index contributed by atoms with van der Waals surface area (Å²) >= 11 is 0. The van der Waals surface area contributed by atoms with Crippen LogP contribution >= 0.6 is 0 Å². The molecular formula is C18H25F3N6O3S. The number of aromatic nitrogens is 4. The first-order valence-corrected chi connectivity index (χ1v) is 11.5. The third-order valence-corrected chi connectivity index (χ3v) is 6.11. The van der Waals surface area contributed by atoms with Crippen LogP contribution in [0.2, 0.25) is 0 Å². The second-order valence-corrected chi connectivity index (χ2v) is 10.3. The lowest BCUT2D eigenvalue weighted by atomic mass is 10.1. The molecule has 31 heavy (non-hydrogen) atoms. The molecule has 0 spiro atoms. The van der Waals surface area contributed by atoms with Crippen molar-refractivity contribution in [2.45, 2.75) is 51.1 Å². The molecule has 0 radical (unpaired) electrons. The Labute approximate surface area is 178 Å². The molecule has 0 atom stereocenters. The predicted octanol–water partition coefficient (Wildman–Crippen LogP) is 1.97. The van der Waals surface area contributed by atoms with Gasteiger partial charge in [-0.05, 0) is 26.7 Å². The highest BCUT2D eigenvalue weighted by molar-refractivity contribution is 7.88. The lowest BCUT2D eigenvalue weighted by Crippen LogP contribution is -2.42. The Morgan fingerprint density at radius 1 is 1.23 bits per heavy atom. The Morgan fingerprint density at radius 3 is 2.42 bits per heavy atom. The third-order valence-electron chi connectivity index (χ3n) is 4.81. The van der Waals surface area contributed by atoms with E-state index in [0.717, 1.165) is 12.5 Å². The zero-order valence-corrected chi connectivity index (χ0v) is 18.2. The van der Waals surface area contributed by atoms with Gasteiger partial charge < -0.3 is 10.4 Å². The highest BCUT2D eigenvalue weighted by atomic mass is 32.2. The lowest BCUT2D eigenvalue weighted by molar-refractivity contribution is -0.137. The van der Waals surface area contributed by atoms with Gasteiger partial charge in [0.1, 0.15) is 5.56 Å². The average molecular weight is 462 g/mol. The second kappa shape index (κ2) is 8.36. The van der Waals surface area contributed by atoms with Crippen molar-refractivity contribution in [3.05, 3.63) is 24.2 Å². The van der Waals surface area contributed by atoms with Crippen LogP contribution in [-0.2, 0) is 22.7 Å². The monoisotopic (exact) mass is 462 g/mol. The van der Waals surface area contributed by atoms with Gasteiger partial charge in [-0.3, -0.25) is 4.68 Å². The lowest BCUT2D eigenvalue weighted by Gasteiger charge is -2.30. The molecule has 3 heterocycles. The molecule has 0 aliphatic carbocycles. The van der Waals surface area contributed by atoms with E-state index in [1.165, 1.54) is 21.4 Å². The fraction of sp³-hybridized carbons (Fsp3) is 0.611. The number of sulfonamides is 1. The van der Waals surface area contributed by atoms with E-state index >= 15 is 0 Å². The molecule has 2 aromatic heterocycles. The van der Waals surface area contributed by atoms with Crippen molar-refractivity contribution < 1.29 is 26.7 Å². The maximum absolute atomic E-state index is 13.5. The molecule has 1 aliphatic heterocycles. The van der Waals surface area contributed by atoms with Gasteiger partial charge in [0.05, 0.1) is 30.3 Å². The highest BCUT2D eigenvalue weighted by Crippen LogP contribution is 2.36. The fourth-order valence-corrected chi connectivity index (χ4v) is 4.24. The SMILES string of the molecule is CC(C)(O)Cn1cc(-c2nc(NC3CCN(S(C)(=O)=O)CC3)ncc2C(F)(F)F)cn1. The highest BCUT2D eigenvalue weighted by Gasteiger charge is 2.36. The minimum Gasteiger partial charge on any atom is -0.389 e. The maximum Gasteiger partial charge on any atom is 0.419 e. The number of aliphatic hydroxyl groups is 1. The van der Waals surface area contributed by atoms with Gasteiger partial charge in [-0.25, -0.2) is 22.7 Å². The summed E-state index contributed by atoms with van der Waals surface area (Å²) < 4.78 is 66.5. The van der Waals surface area contributed by atoms with Crippen LogP contribution in [0.15, 0.2) is 18.6 Å². The van der Waals surface area contributed by atoms with Crippen LogP contribution in [0.5, 0.6) is 0 Å². The molecule has 1 fully saturated rings. The van der Waals surface area contributed by atoms with Gasteiger partial charge in [-0.1, -0.05) is 0 Å². The summed E-state index contributed by atoms with van der Waals surface area (Å²) in [7, 11) is -3.28. The molecule has 1 saturated heterocycles. The standard InChI is InChI=1S/C18H25F3N6O3S/c1-17(2,28)11-26-10-12(8-23-26)15-14(18(19,20)21)9-22-16(25-15)24-13-4-6-27(7-5-13)31(3,29)30/h8-10,13,28H,4-7,11H2,1-3H3,(H,22,24,25). The number of hydrogen-bond acceptors (Lipinski definition) is 7. The minimum absolute atomic E-state index is 0.0241. The molecule has 0 saturated carbocycles. The molecule has 13 heteroatoms. The molecule has 0 bridgehead atoms. The number of hydrogen-bond donors (Lipinski definition) is 2. The van der Waals surface area contributed by atoms with E-state index in [1.807, 2.05) is 0 Å². The summed E-state index contributed by atoms with van der Waals surface area (Å²) in [6.45, 7) is 3.86. The maximum atomic E-state index is 13.5. The Hall–Kier alpha value is -2.25. The zero-order chi connectivity index (χ0) is 23.0. The third kappa shape index (κ3) is 6.14. The van der Waals surface area contributed by atoms with E-state index in [2.05, 4.69) is 20.4 Å². The van der Waals surface area contributed by atoms with Crippen LogP contribution in [0.1, 0.15) is 32.3 Å². The normalized spacial score (nSPS) is 17.1. The first kappa shape index (κ1) is 23.4. The first-order chi connectivity index (χ1) is 14.2. The Kier molecular flexibility index (Phi) is 6.31. The molecule has 0 unspecified atom stereocenters. The quantitative estimate of drug-likeness (QED) is 0.675. The van der Waals surface area contributed by atoms with Gasteiger partial charge >= 0.3 is 6.18 Å². The Balaban J connectivity index is 1.83. The van der Waals surface area contributed by atoms with Crippen molar-refractivity contribution in [1.29, 1.82) is 0 Å². The summed E-state index contributed by atoms with van der Waals surface area (Å²) in [6.07, 6.45) is 0.828. The van der Waals surface area contributed by atoms with Gasteiger partial charge in [0, 0.05) is 37.1 Å². The van der Waals surface area contributed by atoms with Crippen molar-refractivity contribution in [3.8, 4) is 11.3 Å². The summed E-state index contributed by atoms with van der Waals surface area (Å²) in [5.41, 5.74) is -2.25. The summed E-state index contributed by atoms with van der Waals surface area (Å²) in [5.74, 6) is 0.0241. The van der Waals surface area contributed by atoms with Crippen LogP contribution in [0.25, 0.3) is 11.3 Å². The number of anilines is 1. The second-order valence-electron chi connectivity index (χ2n) is 8.27. The van der Waals surface area contributed by atoms with Gasteiger partial charge in [0.25, 0.3) is 0 Å². The van der Waals surface area contributed by atoms with E-state index in [1.54, 1.807) is 13.8 Å². The molecule has 172 valence electrons. The van der Waals surface area contributed by atoms with E-state index in [9.17, 15) is 26.7 Å². The molecule has 1 aliphatic rings. The molecule has 0 aromatic carbocycles. The minimum atomic E-state index is -4.66. The van der Waals surface area contributed by atoms with Crippen molar-refractivity contribution in [2.24, 2.45) is 0 Å². The molecular weight excluding hydrogens is 437 g/mol. The van der Waals surface area contributed by atoms with E-state index in [-0.39, 0.29) is 29.8 Å². The van der Waals surface area contributed by atoms with E-state index in [0.29, 0.717) is 25.9 Å². The predicted molar refractivity (Wildman–Crippen MR) is 108 cm³/mol. The number of alkyl halides is 3. The van der Waals surface area contributed by atoms with Crippen molar-refractivity contribution in [3.63, 3.8) is 0 Å². The number of nitrogens with one attached hydrogen (secondary N) is 1. The molecule has 3 rings (SSSR count).